The molecular formula is C23H19ClFN5O2. The SMILES string of the molecule is O=C(Nc1cccc(Cl)c1)[C@@H]1CCCN(c2ncnc3onc(-c4ccc(F)cc4)c23)C1. The number of piperidine rings is 1. The van der Waals surface area contributed by atoms with Crippen LogP contribution in [-0.4, -0.2) is 34.1 Å². The lowest BCUT2D eigenvalue weighted by Gasteiger charge is -2.33. The molecule has 162 valence electrons. The Kier molecular flexibility index (Phi) is 5.45. The van der Waals surface area contributed by atoms with Gasteiger partial charge in [-0.1, -0.05) is 22.8 Å². The second-order valence-electron chi connectivity index (χ2n) is 7.70. The molecule has 1 aliphatic rings. The van der Waals surface area contributed by atoms with Gasteiger partial charge in [-0.25, -0.2) is 9.37 Å². The summed E-state index contributed by atoms with van der Waals surface area (Å²) in [6.07, 6.45) is 3.02. The Hall–Kier alpha value is -3.52. The Morgan fingerprint density at radius 3 is 2.84 bits per heavy atom. The van der Waals surface area contributed by atoms with Gasteiger partial charge in [0.25, 0.3) is 5.71 Å². The number of carbonyl (C=O) groups is 1. The van der Waals surface area contributed by atoms with E-state index in [-0.39, 0.29) is 17.6 Å². The second kappa shape index (κ2) is 8.55. The van der Waals surface area contributed by atoms with Crippen molar-refractivity contribution in [3.05, 3.63) is 65.7 Å². The van der Waals surface area contributed by atoms with Crippen LogP contribution in [0, 0.1) is 11.7 Å². The van der Waals surface area contributed by atoms with Crippen molar-refractivity contribution in [2.75, 3.05) is 23.3 Å². The van der Waals surface area contributed by atoms with E-state index in [2.05, 4.69) is 25.3 Å². The van der Waals surface area contributed by atoms with Crippen molar-refractivity contribution in [1.29, 1.82) is 0 Å². The van der Waals surface area contributed by atoms with Gasteiger partial charge < -0.3 is 14.7 Å². The number of anilines is 2. The number of benzene rings is 2. The second-order valence-corrected chi connectivity index (χ2v) is 8.14. The van der Waals surface area contributed by atoms with E-state index in [9.17, 15) is 9.18 Å². The number of amides is 1. The number of halogens is 2. The highest BCUT2D eigenvalue weighted by atomic mass is 35.5. The largest absolute Gasteiger partial charge is 0.355 e. The molecule has 0 radical (unpaired) electrons. The van der Waals surface area contributed by atoms with Crippen molar-refractivity contribution in [2.24, 2.45) is 5.92 Å². The zero-order chi connectivity index (χ0) is 22.1. The highest BCUT2D eigenvalue weighted by molar-refractivity contribution is 6.30. The fraction of sp³-hybridized carbons (Fsp3) is 0.217. The van der Waals surface area contributed by atoms with Crippen molar-refractivity contribution in [2.45, 2.75) is 12.8 Å². The van der Waals surface area contributed by atoms with Crippen LogP contribution < -0.4 is 10.2 Å². The molecule has 0 bridgehead atoms. The van der Waals surface area contributed by atoms with Crippen molar-refractivity contribution in [1.82, 2.24) is 15.1 Å². The molecule has 4 aromatic rings. The van der Waals surface area contributed by atoms with E-state index in [0.29, 0.717) is 45.4 Å². The van der Waals surface area contributed by atoms with Gasteiger partial charge in [-0.15, -0.1) is 0 Å². The third-order valence-corrected chi connectivity index (χ3v) is 5.79. The fourth-order valence-electron chi connectivity index (χ4n) is 4.01. The van der Waals surface area contributed by atoms with Crippen LogP contribution in [0.25, 0.3) is 22.4 Å². The van der Waals surface area contributed by atoms with Gasteiger partial charge in [0.15, 0.2) is 0 Å². The molecule has 0 spiro atoms. The molecule has 9 heteroatoms. The molecule has 1 amide bonds. The summed E-state index contributed by atoms with van der Waals surface area (Å²) in [6.45, 7) is 1.23. The maximum Gasteiger partial charge on any atom is 0.263 e. The molecule has 1 fully saturated rings. The molecule has 0 aliphatic carbocycles. The predicted octanol–water partition coefficient (Wildman–Crippen LogP) is 4.93. The monoisotopic (exact) mass is 451 g/mol. The first kappa shape index (κ1) is 20.4. The Labute approximate surface area is 188 Å². The molecule has 1 atom stereocenters. The number of aromatic nitrogens is 3. The molecule has 7 nitrogen and oxygen atoms in total. The number of hydrogen-bond donors (Lipinski definition) is 1. The first-order valence-electron chi connectivity index (χ1n) is 10.3. The minimum absolute atomic E-state index is 0.0636. The van der Waals surface area contributed by atoms with Gasteiger partial charge in [0.1, 0.15) is 29.0 Å². The molecule has 1 N–H and O–H groups in total. The minimum atomic E-state index is -0.331. The quantitative estimate of drug-likeness (QED) is 0.473. The van der Waals surface area contributed by atoms with Crippen LogP contribution in [-0.2, 0) is 4.79 Å². The predicted molar refractivity (Wildman–Crippen MR) is 120 cm³/mol. The van der Waals surface area contributed by atoms with E-state index in [4.69, 9.17) is 16.1 Å². The average molecular weight is 452 g/mol. The maximum absolute atomic E-state index is 13.4. The maximum atomic E-state index is 13.4. The zero-order valence-electron chi connectivity index (χ0n) is 17.0. The Morgan fingerprint density at radius 1 is 1.19 bits per heavy atom. The van der Waals surface area contributed by atoms with Gasteiger partial charge in [-0.3, -0.25) is 4.79 Å². The summed E-state index contributed by atoms with van der Waals surface area (Å²) in [6, 6.07) is 13.1. The van der Waals surface area contributed by atoms with Crippen LogP contribution >= 0.6 is 11.6 Å². The Morgan fingerprint density at radius 2 is 2.03 bits per heavy atom. The summed E-state index contributed by atoms with van der Waals surface area (Å²) < 4.78 is 18.8. The molecule has 32 heavy (non-hydrogen) atoms. The van der Waals surface area contributed by atoms with Crippen LogP contribution in [0.4, 0.5) is 15.9 Å². The van der Waals surface area contributed by atoms with Gasteiger partial charge in [-0.2, -0.15) is 4.98 Å². The molecule has 5 rings (SSSR count). The molecule has 0 unspecified atom stereocenters. The summed E-state index contributed by atoms with van der Waals surface area (Å²) in [4.78, 5) is 23.6. The lowest BCUT2D eigenvalue weighted by molar-refractivity contribution is -0.120. The van der Waals surface area contributed by atoms with E-state index in [1.165, 1.54) is 18.5 Å². The van der Waals surface area contributed by atoms with Crippen molar-refractivity contribution >= 4 is 40.1 Å². The summed E-state index contributed by atoms with van der Waals surface area (Å²) >= 11 is 6.03. The van der Waals surface area contributed by atoms with Crippen LogP contribution in [0.15, 0.2) is 59.4 Å². The normalized spacial score (nSPS) is 16.3. The molecule has 1 saturated heterocycles. The fourth-order valence-corrected chi connectivity index (χ4v) is 4.20. The van der Waals surface area contributed by atoms with E-state index >= 15 is 0 Å². The topological polar surface area (TPSA) is 84.2 Å². The summed E-state index contributed by atoms with van der Waals surface area (Å²) in [5, 5.41) is 8.32. The van der Waals surface area contributed by atoms with Gasteiger partial charge in [0.2, 0.25) is 5.91 Å². The van der Waals surface area contributed by atoms with Gasteiger partial charge in [0.05, 0.1) is 5.92 Å². The molecular weight excluding hydrogens is 433 g/mol. The first-order chi connectivity index (χ1) is 15.6. The van der Waals surface area contributed by atoms with Gasteiger partial charge >= 0.3 is 0 Å². The lowest BCUT2D eigenvalue weighted by atomic mass is 9.96. The number of hydrogen-bond acceptors (Lipinski definition) is 6. The number of carbonyl (C=O) groups excluding carboxylic acids is 1. The third kappa shape index (κ3) is 4.01. The van der Waals surface area contributed by atoms with Gasteiger partial charge in [0, 0.05) is 29.4 Å². The van der Waals surface area contributed by atoms with Crippen LogP contribution in [0.5, 0.6) is 0 Å². The molecule has 0 saturated carbocycles. The highest BCUT2D eigenvalue weighted by Crippen LogP contribution is 2.35. The minimum Gasteiger partial charge on any atom is -0.355 e. The summed E-state index contributed by atoms with van der Waals surface area (Å²) in [7, 11) is 0. The number of fused-ring (bicyclic) bond motifs is 1. The van der Waals surface area contributed by atoms with Crippen molar-refractivity contribution in [3.8, 4) is 11.3 Å². The molecule has 1 aliphatic heterocycles. The van der Waals surface area contributed by atoms with E-state index in [1.807, 2.05) is 6.07 Å². The third-order valence-electron chi connectivity index (χ3n) is 5.55. The van der Waals surface area contributed by atoms with E-state index in [0.717, 1.165) is 19.4 Å². The van der Waals surface area contributed by atoms with E-state index < -0.39 is 0 Å². The van der Waals surface area contributed by atoms with E-state index in [1.54, 1.807) is 30.3 Å². The summed E-state index contributed by atoms with van der Waals surface area (Å²) in [5.74, 6) is 0.0339. The molecule has 2 aromatic heterocycles. The van der Waals surface area contributed by atoms with Crippen molar-refractivity contribution in [3.63, 3.8) is 0 Å². The highest BCUT2D eigenvalue weighted by Gasteiger charge is 2.29. The van der Waals surface area contributed by atoms with Gasteiger partial charge in [-0.05, 0) is 55.3 Å². The molecule has 3 heterocycles. The number of nitrogens with zero attached hydrogens (tertiary/aromatic N) is 4. The zero-order valence-corrected chi connectivity index (χ0v) is 17.7. The molecule has 2 aromatic carbocycles. The van der Waals surface area contributed by atoms with Crippen LogP contribution in [0.1, 0.15) is 12.8 Å². The smallest absolute Gasteiger partial charge is 0.263 e. The number of rotatable bonds is 4. The Balaban J connectivity index is 1.43. The number of nitrogens with one attached hydrogen (secondary N) is 1. The Bertz CT molecular complexity index is 1280. The van der Waals surface area contributed by atoms with Crippen molar-refractivity contribution < 1.29 is 13.7 Å². The summed E-state index contributed by atoms with van der Waals surface area (Å²) in [5.41, 5.74) is 2.26. The standard InChI is InChI=1S/C23H19ClFN5O2/c24-16-4-1-5-18(11-16)28-22(31)15-3-2-10-30(12-15)21-19-20(14-6-8-17(25)9-7-14)29-32-23(19)27-13-26-21/h1,4-9,11,13,15H,2-3,10,12H2,(H,28,31)/t15-/m1/s1. The lowest BCUT2D eigenvalue weighted by Crippen LogP contribution is -2.41. The van der Waals surface area contributed by atoms with Crippen LogP contribution in [0.3, 0.4) is 0 Å². The average Bonchev–Trinajstić information content (AvgIpc) is 3.24. The first-order valence-corrected chi connectivity index (χ1v) is 10.6. The van der Waals surface area contributed by atoms with Crippen LogP contribution in [0.2, 0.25) is 5.02 Å².